The number of furan rings is 1. The first-order valence-electron chi connectivity index (χ1n) is 13.1. The third-order valence-electron chi connectivity index (χ3n) is 7.15. The lowest BCUT2D eigenvalue weighted by molar-refractivity contribution is 0.0630. The third-order valence-corrected chi connectivity index (χ3v) is 7.15. The van der Waals surface area contributed by atoms with Crippen LogP contribution in [-0.4, -0.2) is 43.5 Å². The van der Waals surface area contributed by atoms with Crippen molar-refractivity contribution in [2.45, 2.75) is 37.6 Å². The first kappa shape index (κ1) is 26.0. The summed E-state index contributed by atoms with van der Waals surface area (Å²) < 4.78 is 23.0. The summed E-state index contributed by atoms with van der Waals surface area (Å²) in [5, 5.41) is 12.3. The summed E-state index contributed by atoms with van der Waals surface area (Å²) in [4.78, 5) is 2.35. The van der Waals surface area contributed by atoms with E-state index in [0.29, 0.717) is 23.4 Å². The van der Waals surface area contributed by atoms with Gasteiger partial charge in [0, 0.05) is 19.7 Å². The quantitative estimate of drug-likeness (QED) is 0.275. The number of benzene rings is 3. The van der Waals surface area contributed by atoms with Crippen LogP contribution >= 0.6 is 0 Å². The van der Waals surface area contributed by atoms with Crippen molar-refractivity contribution in [2.24, 2.45) is 0 Å². The van der Waals surface area contributed by atoms with Gasteiger partial charge in [-0.3, -0.25) is 4.90 Å². The molecule has 1 atom stereocenters. The first-order chi connectivity index (χ1) is 18.6. The Morgan fingerprint density at radius 1 is 0.816 bits per heavy atom. The van der Waals surface area contributed by atoms with Gasteiger partial charge < -0.3 is 23.7 Å². The maximum absolute atomic E-state index is 12.3. The Labute approximate surface area is 224 Å². The van der Waals surface area contributed by atoms with Crippen LogP contribution in [-0.2, 0) is 23.4 Å². The van der Waals surface area contributed by atoms with Crippen molar-refractivity contribution in [3.8, 4) is 11.5 Å². The van der Waals surface area contributed by atoms with Crippen LogP contribution in [0.4, 0.5) is 0 Å². The minimum atomic E-state index is -1.49. The maximum atomic E-state index is 12.3. The Hall–Kier alpha value is -3.58. The number of hydrogen-bond donors (Lipinski definition) is 1. The summed E-state index contributed by atoms with van der Waals surface area (Å²) >= 11 is 0. The molecule has 2 heterocycles. The largest absolute Gasteiger partial charge is 0.497 e. The van der Waals surface area contributed by atoms with E-state index in [0.717, 1.165) is 49.8 Å². The molecule has 38 heavy (non-hydrogen) atoms. The molecule has 0 spiro atoms. The van der Waals surface area contributed by atoms with E-state index < -0.39 is 5.60 Å². The van der Waals surface area contributed by atoms with Gasteiger partial charge in [-0.25, -0.2) is 0 Å². The minimum Gasteiger partial charge on any atom is -0.497 e. The van der Waals surface area contributed by atoms with Gasteiger partial charge in [0.15, 0.2) is 5.60 Å². The predicted molar refractivity (Wildman–Crippen MR) is 146 cm³/mol. The van der Waals surface area contributed by atoms with Gasteiger partial charge in [-0.2, -0.15) is 0 Å². The zero-order valence-electron chi connectivity index (χ0n) is 22.0. The normalized spacial score (nSPS) is 15.6. The number of rotatable bonds is 11. The summed E-state index contributed by atoms with van der Waals surface area (Å²) in [6.45, 7) is 3.05. The Balaban J connectivity index is 1.45. The van der Waals surface area contributed by atoms with Crippen molar-refractivity contribution in [1.82, 2.24) is 4.90 Å². The topological polar surface area (TPSA) is 64.3 Å². The summed E-state index contributed by atoms with van der Waals surface area (Å²) in [7, 11) is 3.25. The average Bonchev–Trinajstić information content (AvgIpc) is 3.66. The van der Waals surface area contributed by atoms with Crippen LogP contribution in [0.1, 0.15) is 41.1 Å². The lowest BCUT2D eigenvalue weighted by atomic mass is 9.84. The highest BCUT2D eigenvalue weighted by atomic mass is 16.5. The Morgan fingerprint density at radius 2 is 1.45 bits per heavy atom. The van der Waals surface area contributed by atoms with E-state index >= 15 is 0 Å². The summed E-state index contributed by atoms with van der Waals surface area (Å²) in [5.41, 5.74) is 1.12. The van der Waals surface area contributed by atoms with Crippen LogP contribution in [0.2, 0.25) is 0 Å². The standard InChI is InChI=1S/C32H35NO5/c1-35-27-14-10-25(11-15-27)32(34,26-12-16-28(36-2)17-13-26)31-19-18-30(38-31)23-33(22-29-9-6-20-37-29)21-24-7-4-3-5-8-24/h3-5,7-8,10-19,29,34H,6,9,20-23H2,1-2H3/t29-/m1/s1. The summed E-state index contributed by atoms with van der Waals surface area (Å²) in [6.07, 6.45) is 2.40. The van der Waals surface area contributed by atoms with Gasteiger partial charge in [0.1, 0.15) is 23.0 Å². The fourth-order valence-electron chi connectivity index (χ4n) is 5.10. The van der Waals surface area contributed by atoms with E-state index in [4.69, 9.17) is 18.6 Å². The average molecular weight is 514 g/mol. The monoisotopic (exact) mass is 513 g/mol. The fraction of sp³-hybridized carbons (Fsp3) is 0.312. The molecule has 1 aliphatic heterocycles. The van der Waals surface area contributed by atoms with Crippen LogP contribution in [0.5, 0.6) is 11.5 Å². The predicted octanol–water partition coefficient (Wildman–Crippen LogP) is 5.76. The molecule has 0 saturated carbocycles. The van der Waals surface area contributed by atoms with Gasteiger partial charge in [0.25, 0.3) is 0 Å². The van der Waals surface area contributed by atoms with E-state index in [2.05, 4.69) is 29.2 Å². The van der Waals surface area contributed by atoms with Gasteiger partial charge in [-0.15, -0.1) is 0 Å². The zero-order valence-corrected chi connectivity index (χ0v) is 22.0. The zero-order chi connectivity index (χ0) is 26.4. The van der Waals surface area contributed by atoms with Crippen LogP contribution in [0.25, 0.3) is 0 Å². The Kier molecular flexibility index (Phi) is 8.13. The SMILES string of the molecule is COc1ccc(C(O)(c2ccc(OC)cc2)c2ccc(CN(Cc3ccccc3)C[C@H]3CCCO3)o2)cc1. The third kappa shape index (κ3) is 5.78. The van der Waals surface area contributed by atoms with E-state index in [1.165, 1.54) is 5.56 Å². The van der Waals surface area contributed by atoms with Crippen LogP contribution in [0.15, 0.2) is 95.4 Å². The molecule has 0 radical (unpaired) electrons. The van der Waals surface area contributed by atoms with Crippen molar-refractivity contribution in [3.63, 3.8) is 0 Å². The molecule has 0 amide bonds. The molecule has 6 heteroatoms. The lowest BCUT2D eigenvalue weighted by Gasteiger charge is -2.28. The van der Waals surface area contributed by atoms with Gasteiger partial charge in [-0.1, -0.05) is 54.6 Å². The van der Waals surface area contributed by atoms with Crippen molar-refractivity contribution >= 4 is 0 Å². The van der Waals surface area contributed by atoms with E-state index in [-0.39, 0.29) is 6.10 Å². The number of hydrogen-bond acceptors (Lipinski definition) is 6. The molecule has 1 fully saturated rings. The molecule has 3 aromatic carbocycles. The molecule has 4 aromatic rings. The summed E-state index contributed by atoms with van der Waals surface area (Å²) in [5.74, 6) is 2.68. The lowest BCUT2D eigenvalue weighted by Crippen LogP contribution is -2.31. The number of ether oxygens (including phenoxy) is 3. The minimum absolute atomic E-state index is 0.226. The Bertz CT molecular complexity index is 1230. The van der Waals surface area contributed by atoms with Crippen LogP contribution in [0, 0.1) is 0 Å². The molecule has 1 saturated heterocycles. The molecule has 0 unspecified atom stereocenters. The number of nitrogens with zero attached hydrogens (tertiary/aromatic N) is 1. The van der Waals surface area contributed by atoms with Crippen LogP contribution in [0.3, 0.4) is 0 Å². The molecule has 0 aliphatic carbocycles. The molecule has 0 bridgehead atoms. The smallest absolute Gasteiger partial charge is 0.173 e. The molecule has 1 aliphatic rings. The highest BCUT2D eigenvalue weighted by molar-refractivity contribution is 5.46. The molecular formula is C32H35NO5. The van der Waals surface area contributed by atoms with Crippen molar-refractivity contribution in [3.05, 3.63) is 119 Å². The second-order valence-corrected chi connectivity index (χ2v) is 9.72. The Morgan fingerprint density at radius 3 is 2.00 bits per heavy atom. The van der Waals surface area contributed by atoms with Gasteiger partial charge in [0.05, 0.1) is 26.9 Å². The highest BCUT2D eigenvalue weighted by Crippen LogP contribution is 2.39. The van der Waals surface area contributed by atoms with E-state index in [1.54, 1.807) is 14.2 Å². The maximum Gasteiger partial charge on any atom is 0.173 e. The molecule has 198 valence electrons. The second-order valence-electron chi connectivity index (χ2n) is 9.72. The first-order valence-corrected chi connectivity index (χ1v) is 13.1. The van der Waals surface area contributed by atoms with Gasteiger partial charge >= 0.3 is 0 Å². The molecule has 6 nitrogen and oxygen atoms in total. The van der Waals surface area contributed by atoms with Gasteiger partial charge in [0.2, 0.25) is 0 Å². The fourth-order valence-corrected chi connectivity index (χ4v) is 5.10. The molecular weight excluding hydrogens is 478 g/mol. The van der Waals surface area contributed by atoms with E-state index in [1.807, 2.05) is 66.7 Å². The van der Waals surface area contributed by atoms with Crippen molar-refractivity contribution in [1.29, 1.82) is 0 Å². The number of aliphatic hydroxyl groups is 1. The van der Waals surface area contributed by atoms with Crippen molar-refractivity contribution < 1.29 is 23.7 Å². The van der Waals surface area contributed by atoms with Crippen LogP contribution < -0.4 is 9.47 Å². The second kappa shape index (κ2) is 11.9. The molecule has 1 N–H and O–H groups in total. The highest BCUT2D eigenvalue weighted by Gasteiger charge is 2.37. The number of methoxy groups -OCH3 is 2. The van der Waals surface area contributed by atoms with Gasteiger partial charge in [-0.05, 0) is 65.9 Å². The van der Waals surface area contributed by atoms with E-state index in [9.17, 15) is 5.11 Å². The molecule has 5 rings (SSSR count). The summed E-state index contributed by atoms with van der Waals surface area (Å²) in [6, 6.07) is 29.1. The molecule has 1 aromatic heterocycles. The van der Waals surface area contributed by atoms with Crippen molar-refractivity contribution in [2.75, 3.05) is 27.4 Å².